The van der Waals surface area contributed by atoms with Gasteiger partial charge in [0.2, 0.25) is 0 Å². The number of nitrogens with zero attached hydrogens (tertiary/aromatic N) is 1. The number of carbonyl (C=O) groups is 1. The van der Waals surface area contributed by atoms with Crippen molar-refractivity contribution in [1.29, 1.82) is 0 Å². The van der Waals surface area contributed by atoms with E-state index in [0.29, 0.717) is 17.9 Å². The summed E-state index contributed by atoms with van der Waals surface area (Å²) in [5.41, 5.74) is 3.03. The highest BCUT2D eigenvalue weighted by Crippen LogP contribution is 2.17. The normalized spacial score (nSPS) is 10.5. The first-order valence-corrected chi connectivity index (χ1v) is 7.14. The molecule has 0 radical (unpaired) electrons. The zero-order valence-electron chi connectivity index (χ0n) is 12.7. The minimum Gasteiger partial charge on any atom is -0.508 e. The van der Waals surface area contributed by atoms with Crippen molar-refractivity contribution in [3.63, 3.8) is 0 Å². The maximum Gasteiger partial charge on any atom is 0.277 e. The molecule has 6 heteroatoms. The summed E-state index contributed by atoms with van der Waals surface area (Å²) in [4.78, 5) is 11.6. The Morgan fingerprint density at radius 2 is 1.87 bits per heavy atom. The van der Waals surface area contributed by atoms with E-state index >= 15 is 0 Å². The average Bonchev–Trinajstić information content (AvgIpc) is 2.55. The monoisotopic (exact) mass is 314 g/mol. The van der Waals surface area contributed by atoms with Crippen LogP contribution in [-0.4, -0.2) is 30.4 Å². The van der Waals surface area contributed by atoms with Crippen molar-refractivity contribution < 1.29 is 19.4 Å². The van der Waals surface area contributed by atoms with Crippen LogP contribution >= 0.6 is 0 Å². The highest BCUT2D eigenvalue weighted by Gasteiger charge is 2.02. The second kappa shape index (κ2) is 8.43. The average molecular weight is 314 g/mol. The number of hydrazone groups is 1. The van der Waals surface area contributed by atoms with Crippen LogP contribution in [0.15, 0.2) is 53.6 Å². The van der Waals surface area contributed by atoms with Crippen molar-refractivity contribution in [3.8, 4) is 17.2 Å². The third-order valence-corrected chi connectivity index (χ3v) is 2.78. The van der Waals surface area contributed by atoms with Gasteiger partial charge < -0.3 is 14.6 Å². The molecule has 2 aromatic carbocycles. The number of hydrogen-bond donors (Lipinski definition) is 2. The summed E-state index contributed by atoms with van der Waals surface area (Å²) >= 11 is 0. The molecule has 0 bridgehead atoms. The molecule has 1 amide bonds. The van der Waals surface area contributed by atoms with E-state index in [4.69, 9.17) is 9.47 Å². The minimum atomic E-state index is -0.379. The fourth-order valence-corrected chi connectivity index (χ4v) is 1.76. The van der Waals surface area contributed by atoms with E-state index in [0.717, 1.165) is 5.75 Å². The fraction of sp³-hybridized carbons (Fsp3) is 0.176. The first-order chi connectivity index (χ1) is 11.2. The molecule has 0 aromatic heterocycles. The second-order valence-corrected chi connectivity index (χ2v) is 4.58. The van der Waals surface area contributed by atoms with Gasteiger partial charge in [-0.2, -0.15) is 5.10 Å². The van der Waals surface area contributed by atoms with Crippen molar-refractivity contribution in [2.45, 2.75) is 6.92 Å². The molecule has 0 fully saturated rings. The van der Waals surface area contributed by atoms with E-state index in [-0.39, 0.29) is 18.3 Å². The Labute approximate surface area is 134 Å². The van der Waals surface area contributed by atoms with Gasteiger partial charge in [0.25, 0.3) is 5.91 Å². The molecule has 0 aliphatic carbocycles. The number of hydrogen-bond acceptors (Lipinski definition) is 5. The number of phenolic OH excluding ortho intramolecular Hbond substituents is 1. The van der Waals surface area contributed by atoms with Crippen LogP contribution in [0.4, 0.5) is 0 Å². The van der Waals surface area contributed by atoms with Gasteiger partial charge in [-0.1, -0.05) is 12.1 Å². The highest BCUT2D eigenvalue weighted by molar-refractivity contribution is 5.83. The molecule has 2 N–H and O–H groups in total. The molecule has 0 unspecified atom stereocenters. The molecule has 23 heavy (non-hydrogen) atoms. The molecule has 120 valence electrons. The van der Waals surface area contributed by atoms with Crippen molar-refractivity contribution >= 4 is 12.1 Å². The smallest absolute Gasteiger partial charge is 0.277 e. The Hall–Kier alpha value is -3.02. The largest absolute Gasteiger partial charge is 0.508 e. The van der Waals surface area contributed by atoms with Gasteiger partial charge in [0, 0.05) is 0 Å². The topological polar surface area (TPSA) is 80.2 Å². The lowest BCUT2D eigenvalue weighted by Gasteiger charge is -2.06. The Bertz CT molecular complexity index is 669. The van der Waals surface area contributed by atoms with Crippen LogP contribution in [0.5, 0.6) is 17.2 Å². The van der Waals surface area contributed by atoms with E-state index in [1.165, 1.54) is 12.3 Å². The predicted octanol–water partition coefficient (Wildman–Crippen LogP) is 2.32. The molecule has 0 atom stereocenters. The van der Waals surface area contributed by atoms with Crippen LogP contribution in [0, 0.1) is 0 Å². The molecular formula is C17H18N2O4. The van der Waals surface area contributed by atoms with Gasteiger partial charge in [0.05, 0.1) is 12.8 Å². The third-order valence-electron chi connectivity index (χ3n) is 2.78. The van der Waals surface area contributed by atoms with Crippen LogP contribution < -0.4 is 14.9 Å². The number of benzene rings is 2. The first-order valence-electron chi connectivity index (χ1n) is 7.14. The highest BCUT2D eigenvalue weighted by atomic mass is 16.5. The molecule has 0 spiro atoms. The van der Waals surface area contributed by atoms with Crippen LogP contribution in [0.2, 0.25) is 0 Å². The van der Waals surface area contributed by atoms with E-state index in [1.807, 2.05) is 6.92 Å². The number of nitrogens with one attached hydrogen (secondary N) is 1. The Morgan fingerprint density at radius 1 is 1.17 bits per heavy atom. The van der Waals surface area contributed by atoms with Crippen LogP contribution in [0.25, 0.3) is 0 Å². The zero-order chi connectivity index (χ0) is 16.5. The maximum absolute atomic E-state index is 11.6. The molecule has 2 rings (SSSR count). The van der Waals surface area contributed by atoms with Gasteiger partial charge >= 0.3 is 0 Å². The number of carbonyl (C=O) groups excluding carboxylic acids is 1. The van der Waals surface area contributed by atoms with Crippen molar-refractivity contribution in [3.05, 3.63) is 54.1 Å². The lowest BCUT2D eigenvalue weighted by molar-refractivity contribution is -0.123. The molecule has 0 heterocycles. The van der Waals surface area contributed by atoms with Gasteiger partial charge in [0.15, 0.2) is 6.61 Å². The summed E-state index contributed by atoms with van der Waals surface area (Å²) in [6.45, 7) is 2.36. The lowest BCUT2D eigenvalue weighted by atomic mass is 10.2. The summed E-state index contributed by atoms with van der Waals surface area (Å²) in [7, 11) is 0. The molecule has 0 saturated carbocycles. The van der Waals surface area contributed by atoms with Crippen molar-refractivity contribution in [2.24, 2.45) is 5.10 Å². The summed E-state index contributed by atoms with van der Waals surface area (Å²) in [6, 6.07) is 13.5. The summed E-state index contributed by atoms with van der Waals surface area (Å²) in [5, 5.41) is 13.1. The second-order valence-electron chi connectivity index (χ2n) is 4.58. The van der Waals surface area contributed by atoms with E-state index in [2.05, 4.69) is 10.5 Å². The van der Waals surface area contributed by atoms with Crippen molar-refractivity contribution in [1.82, 2.24) is 5.43 Å². The van der Waals surface area contributed by atoms with Gasteiger partial charge in [-0.3, -0.25) is 4.79 Å². The summed E-state index contributed by atoms with van der Waals surface area (Å²) < 4.78 is 10.7. The van der Waals surface area contributed by atoms with Gasteiger partial charge in [-0.15, -0.1) is 0 Å². The zero-order valence-corrected chi connectivity index (χ0v) is 12.7. The third kappa shape index (κ3) is 5.70. The molecule has 0 aliphatic rings. The molecule has 0 aliphatic heterocycles. The fourth-order valence-electron chi connectivity index (χ4n) is 1.76. The van der Waals surface area contributed by atoms with Crippen LogP contribution in [0.1, 0.15) is 12.5 Å². The van der Waals surface area contributed by atoms with E-state index in [9.17, 15) is 9.90 Å². The molecule has 6 nitrogen and oxygen atoms in total. The number of aromatic hydroxyl groups is 1. The SMILES string of the molecule is CCOc1ccc(OCC(=O)N/N=C\c2cccc(O)c2)cc1. The van der Waals surface area contributed by atoms with Crippen LogP contribution in [-0.2, 0) is 4.79 Å². The van der Waals surface area contributed by atoms with Gasteiger partial charge in [0.1, 0.15) is 17.2 Å². The lowest BCUT2D eigenvalue weighted by Crippen LogP contribution is -2.24. The van der Waals surface area contributed by atoms with Gasteiger partial charge in [-0.05, 0) is 48.9 Å². The van der Waals surface area contributed by atoms with Crippen LogP contribution in [0.3, 0.4) is 0 Å². The number of amides is 1. The molecule has 2 aromatic rings. The molecular weight excluding hydrogens is 296 g/mol. The maximum atomic E-state index is 11.6. The van der Waals surface area contributed by atoms with E-state index in [1.54, 1.807) is 42.5 Å². The minimum absolute atomic E-state index is 0.138. The Morgan fingerprint density at radius 3 is 2.52 bits per heavy atom. The molecule has 0 saturated heterocycles. The standard InChI is InChI=1S/C17H18N2O4/c1-2-22-15-6-8-16(9-7-15)23-12-17(21)19-18-11-13-4-3-5-14(20)10-13/h3-11,20H,2,12H2,1H3,(H,19,21)/b18-11-. The predicted molar refractivity (Wildman–Crippen MR) is 86.9 cm³/mol. The Balaban J connectivity index is 1.76. The number of phenols is 1. The Kier molecular flexibility index (Phi) is 5.99. The summed E-state index contributed by atoms with van der Waals surface area (Å²) in [5.74, 6) is 1.08. The summed E-state index contributed by atoms with van der Waals surface area (Å²) in [6.07, 6.45) is 1.44. The van der Waals surface area contributed by atoms with E-state index < -0.39 is 0 Å². The number of rotatable bonds is 7. The van der Waals surface area contributed by atoms with Crippen molar-refractivity contribution in [2.75, 3.05) is 13.2 Å². The first kappa shape index (κ1) is 16.4. The quantitative estimate of drug-likeness (QED) is 0.607. The number of ether oxygens (including phenoxy) is 2. The van der Waals surface area contributed by atoms with Gasteiger partial charge in [-0.25, -0.2) is 5.43 Å².